The van der Waals surface area contributed by atoms with Gasteiger partial charge in [0.15, 0.2) is 6.10 Å². The van der Waals surface area contributed by atoms with Crippen molar-refractivity contribution in [2.24, 2.45) is 0 Å². The second kappa shape index (κ2) is 10.5. The van der Waals surface area contributed by atoms with E-state index < -0.39 is 6.10 Å². The van der Waals surface area contributed by atoms with Gasteiger partial charge in [-0.3, -0.25) is 9.59 Å². The van der Waals surface area contributed by atoms with Gasteiger partial charge in [-0.25, -0.2) is 0 Å². The van der Waals surface area contributed by atoms with Crippen molar-refractivity contribution in [2.45, 2.75) is 32.8 Å². The van der Waals surface area contributed by atoms with E-state index in [0.717, 1.165) is 5.56 Å². The van der Waals surface area contributed by atoms with Crippen LogP contribution in [0.4, 0.5) is 5.69 Å². The first-order valence-electron chi connectivity index (χ1n) is 9.36. The Balaban J connectivity index is 2.08. The molecular formula is C22H28N2O4. The zero-order valence-electron chi connectivity index (χ0n) is 16.8. The molecule has 6 nitrogen and oxygen atoms in total. The third-order valence-electron chi connectivity index (χ3n) is 4.24. The highest BCUT2D eigenvalue weighted by molar-refractivity contribution is 6.04. The fraction of sp³-hybridized carbons (Fsp3) is 0.364. The SMILES string of the molecule is COCCNC(=O)c1ccccc1NC(=O)[C@@H](C)Oc1ccccc1C(C)C. The second-order valence-corrected chi connectivity index (χ2v) is 6.74. The number of carbonyl (C=O) groups excluding carboxylic acids is 2. The molecular weight excluding hydrogens is 356 g/mol. The number of rotatable bonds is 9. The predicted octanol–water partition coefficient (Wildman–Crippen LogP) is 3.59. The number of carbonyl (C=O) groups is 2. The van der Waals surface area contributed by atoms with Crippen molar-refractivity contribution >= 4 is 17.5 Å². The zero-order chi connectivity index (χ0) is 20.5. The third kappa shape index (κ3) is 5.82. The Kier molecular flexibility index (Phi) is 8.02. The van der Waals surface area contributed by atoms with Crippen LogP contribution in [-0.2, 0) is 9.53 Å². The molecule has 2 N–H and O–H groups in total. The summed E-state index contributed by atoms with van der Waals surface area (Å²) in [6.45, 7) is 6.65. The van der Waals surface area contributed by atoms with Crippen LogP contribution in [0.25, 0.3) is 0 Å². The third-order valence-corrected chi connectivity index (χ3v) is 4.24. The van der Waals surface area contributed by atoms with Crippen LogP contribution >= 0.6 is 0 Å². The van der Waals surface area contributed by atoms with Crippen LogP contribution in [0, 0.1) is 0 Å². The van der Waals surface area contributed by atoms with Gasteiger partial charge in [-0.05, 0) is 36.6 Å². The molecule has 0 bridgehead atoms. The molecule has 0 aliphatic heterocycles. The van der Waals surface area contributed by atoms with Gasteiger partial charge in [0.2, 0.25) is 0 Å². The molecule has 2 rings (SSSR count). The summed E-state index contributed by atoms with van der Waals surface area (Å²) in [6.07, 6.45) is -0.718. The van der Waals surface area contributed by atoms with Gasteiger partial charge in [0, 0.05) is 13.7 Å². The molecule has 0 aromatic heterocycles. The van der Waals surface area contributed by atoms with Gasteiger partial charge in [0.1, 0.15) is 5.75 Å². The maximum atomic E-state index is 12.6. The monoisotopic (exact) mass is 384 g/mol. The molecule has 0 radical (unpaired) electrons. The lowest BCUT2D eigenvalue weighted by Gasteiger charge is -2.19. The molecule has 0 fully saturated rings. The van der Waals surface area contributed by atoms with E-state index in [9.17, 15) is 9.59 Å². The lowest BCUT2D eigenvalue weighted by Crippen LogP contribution is -2.32. The fourth-order valence-corrected chi connectivity index (χ4v) is 2.70. The number of anilines is 1. The lowest BCUT2D eigenvalue weighted by molar-refractivity contribution is -0.122. The Labute approximate surface area is 166 Å². The maximum absolute atomic E-state index is 12.6. The Morgan fingerprint density at radius 2 is 1.68 bits per heavy atom. The van der Waals surface area contributed by atoms with E-state index in [4.69, 9.17) is 9.47 Å². The number of methoxy groups -OCH3 is 1. The standard InChI is InChI=1S/C22H28N2O4/c1-15(2)17-9-6-8-12-20(17)28-16(3)21(25)24-19-11-7-5-10-18(19)22(26)23-13-14-27-4/h5-12,15-16H,13-14H2,1-4H3,(H,23,26)(H,24,25)/t16-/m1/s1. The average molecular weight is 384 g/mol. The second-order valence-electron chi connectivity index (χ2n) is 6.74. The van der Waals surface area contributed by atoms with Gasteiger partial charge in [-0.2, -0.15) is 0 Å². The summed E-state index contributed by atoms with van der Waals surface area (Å²) in [4.78, 5) is 25.0. The topological polar surface area (TPSA) is 76.7 Å². The Bertz CT molecular complexity index is 805. The van der Waals surface area contributed by atoms with E-state index in [1.165, 1.54) is 0 Å². The highest BCUT2D eigenvalue weighted by Gasteiger charge is 2.19. The van der Waals surface area contributed by atoms with Crippen molar-refractivity contribution in [3.63, 3.8) is 0 Å². The van der Waals surface area contributed by atoms with Gasteiger partial charge in [-0.15, -0.1) is 0 Å². The molecule has 2 amide bonds. The molecule has 0 saturated heterocycles. The molecule has 150 valence electrons. The maximum Gasteiger partial charge on any atom is 0.265 e. The molecule has 0 heterocycles. The Morgan fingerprint density at radius 3 is 2.39 bits per heavy atom. The number of amides is 2. The normalized spacial score (nSPS) is 11.8. The zero-order valence-corrected chi connectivity index (χ0v) is 16.8. The van der Waals surface area contributed by atoms with E-state index in [1.54, 1.807) is 38.3 Å². The van der Waals surface area contributed by atoms with Gasteiger partial charge < -0.3 is 20.1 Å². The summed E-state index contributed by atoms with van der Waals surface area (Å²) in [6, 6.07) is 14.5. The first kappa shape index (κ1) is 21.4. The highest BCUT2D eigenvalue weighted by Crippen LogP contribution is 2.27. The van der Waals surface area contributed by atoms with Crippen LogP contribution < -0.4 is 15.4 Å². The molecule has 6 heteroatoms. The number of hydrogen-bond donors (Lipinski definition) is 2. The van der Waals surface area contributed by atoms with Crippen LogP contribution in [-0.4, -0.2) is 38.2 Å². The number of nitrogens with one attached hydrogen (secondary N) is 2. The van der Waals surface area contributed by atoms with Gasteiger partial charge in [0.25, 0.3) is 11.8 Å². The van der Waals surface area contributed by atoms with Crippen LogP contribution in [0.2, 0.25) is 0 Å². The minimum absolute atomic E-state index is 0.272. The molecule has 0 unspecified atom stereocenters. The van der Waals surface area contributed by atoms with E-state index in [-0.39, 0.29) is 17.7 Å². The lowest BCUT2D eigenvalue weighted by atomic mass is 10.0. The quantitative estimate of drug-likeness (QED) is 0.648. The van der Waals surface area contributed by atoms with Crippen LogP contribution in [0.15, 0.2) is 48.5 Å². The minimum atomic E-state index is -0.718. The number of para-hydroxylation sites is 2. The summed E-state index contributed by atoms with van der Waals surface area (Å²) < 4.78 is 10.8. The van der Waals surface area contributed by atoms with Crippen molar-refractivity contribution in [1.29, 1.82) is 0 Å². The Hall–Kier alpha value is -2.86. The molecule has 0 aliphatic carbocycles. The summed E-state index contributed by atoms with van der Waals surface area (Å²) in [5, 5.41) is 5.55. The van der Waals surface area contributed by atoms with Gasteiger partial charge in [0.05, 0.1) is 17.9 Å². The smallest absolute Gasteiger partial charge is 0.265 e. The summed E-state index contributed by atoms with van der Waals surface area (Å²) in [5.74, 6) is 0.371. The van der Waals surface area contributed by atoms with E-state index in [2.05, 4.69) is 24.5 Å². The largest absolute Gasteiger partial charge is 0.481 e. The van der Waals surface area contributed by atoms with Crippen molar-refractivity contribution in [1.82, 2.24) is 5.32 Å². The van der Waals surface area contributed by atoms with Gasteiger partial charge in [-0.1, -0.05) is 44.2 Å². The van der Waals surface area contributed by atoms with Crippen molar-refractivity contribution < 1.29 is 19.1 Å². The van der Waals surface area contributed by atoms with E-state index in [1.807, 2.05) is 24.3 Å². The van der Waals surface area contributed by atoms with Crippen LogP contribution in [0.1, 0.15) is 42.6 Å². The molecule has 1 atom stereocenters. The summed E-state index contributed by atoms with van der Waals surface area (Å²) >= 11 is 0. The Morgan fingerprint density at radius 1 is 1.00 bits per heavy atom. The molecule has 2 aromatic rings. The van der Waals surface area contributed by atoms with Crippen molar-refractivity contribution in [3.05, 3.63) is 59.7 Å². The fourth-order valence-electron chi connectivity index (χ4n) is 2.70. The van der Waals surface area contributed by atoms with Gasteiger partial charge >= 0.3 is 0 Å². The van der Waals surface area contributed by atoms with E-state index >= 15 is 0 Å². The van der Waals surface area contributed by atoms with Crippen molar-refractivity contribution in [3.8, 4) is 5.75 Å². The molecule has 2 aromatic carbocycles. The number of benzene rings is 2. The molecule has 0 saturated carbocycles. The van der Waals surface area contributed by atoms with Crippen LogP contribution in [0.3, 0.4) is 0 Å². The molecule has 0 spiro atoms. The summed E-state index contributed by atoms with van der Waals surface area (Å²) in [5.41, 5.74) is 1.87. The summed E-state index contributed by atoms with van der Waals surface area (Å²) in [7, 11) is 1.57. The minimum Gasteiger partial charge on any atom is -0.481 e. The van der Waals surface area contributed by atoms with Crippen molar-refractivity contribution in [2.75, 3.05) is 25.6 Å². The average Bonchev–Trinajstić information content (AvgIpc) is 2.68. The molecule has 28 heavy (non-hydrogen) atoms. The first-order valence-corrected chi connectivity index (χ1v) is 9.36. The predicted molar refractivity (Wildman–Crippen MR) is 110 cm³/mol. The number of ether oxygens (including phenoxy) is 2. The van der Waals surface area contributed by atoms with Crippen LogP contribution in [0.5, 0.6) is 5.75 Å². The first-order chi connectivity index (χ1) is 13.4. The van der Waals surface area contributed by atoms with E-state index in [0.29, 0.717) is 30.2 Å². The highest BCUT2D eigenvalue weighted by atomic mass is 16.5. The number of hydrogen-bond acceptors (Lipinski definition) is 4. The molecule has 0 aliphatic rings.